The van der Waals surface area contributed by atoms with Crippen molar-refractivity contribution >= 4 is 23.4 Å². The van der Waals surface area contributed by atoms with Crippen LogP contribution < -0.4 is 10.1 Å². The zero-order valence-electron chi connectivity index (χ0n) is 22.2. The first-order chi connectivity index (χ1) is 18.2. The number of anilines is 1. The van der Waals surface area contributed by atoms with Crippen LogP contribution in [0.3, 0.4) is 0 Å². The van der Waals surface area contributed by atoms with Gasteiger partial charge in [-0.25, -0.2) is 4.98 Å². The van der Waals surface area contributed by atoms with E-state index in [1.807, 2.05) is 58.9 Å². The number of fused-ring (bicyclic) bond motifs is 2. The van der Waals surface area contributed by atoms with E-state index in [-0.39, 0.29) is 18.3 Å². The van der Waals surface area contributed by atoms with Gasteiger partial charge in [-0.15, -0.1) is 0 Å². The summed E-state index contributed by atoms with van der Waals surface area (Å²) in [6.07, 6.45) is 2.16. The molecule has 0 radical (unpaired) electrons. The maximum Gasteiger partial charge on any atom is 0.234 e. The fourth-order valence-electron chi connectivity index (χ4n) is 4.73. The molecule has 2 aromatic heterocycles. The van der Waals surface area contributed by atoms with Gasteiger partial charge in [-0.3, -0.25) is 9.78 Å². The third-order valence-electron chi connectivity index (χ3n) is 6.65. The predicted octanol–water partition coefficient (Wildman–Crippen LogP) is 6.00. The second-order valence-corrected chi connectivity index (χ2v) is 10.7. The van der Waals surface area contributed by atoms with Crippen LogP contribution in [0.5, 0.6) is 11.6 Å². The number of aromatic nitrogens is 3. The van der Waals surface area contributed by atoms with Crippen LogP contribution in [-0.2, 0) is 17.8 Å². The first-order valence-electron chi connectivity index (χ1n) is 12.5. The number of thioether (sulfide) groups is 1. The zero-order valence-corrected chi connectivity index (χ0v) is 23.0. The molecule has 4 aromatic rings. The summed E-state index contributed by atoms with van der Waals surface area (Å²) in [7, 11) is 0. The van der Waals surface area contributed by atoms with Crippen LogP contribution in [0.4, 0.5) is 5.69 Å². The number of nitrogens with zero attached hydrogens (tertiary/aromatic N) is 3. The lowest BCUT2D eigenvalue weighted by atomic mass is 9.99. The Labute approximate surface area is 226 Å². The fourth-order valence-corrected chi connectivity index (χ4v) is 5.56. The van der Waals surface area contributed by atoms with Gasteiger partial charge in [0.1, 0.15) is 5.03 Å². The second-order valence-electron chi connectivity index (χ2n) is 9.73. The number of ether oxygens (including phenoxy) is 1. The van der Waals surface area contributed by atoms with E-state index in [2.05, 4.69) is 22.4 Å². The minimum absolute atomic E-state index is 0.109. The van der Waals surface area contributed by atoms with Crippen molar-refractivity contribution in [2.24, 2.45) is 0 Å². The molecule has 0 bridgehead atoms. The molecule has 0 saturated carbocycles. The number of nitrogens with one attached hydrogen (secondary N) is 1. The van der Waals surface area contributed by atoms with Crippen LogP contribution in [0.1, 0.15) is 44.6 Å². The molecule has 2 aromatic carbocycles. The number of hydrogen-bond acceptors (Lipinski definition) is 7. The number of aryl methyl sites for hydroxylation is 5. The molecule has 38 heavy (non-hydrogen) atoms. The normalized spacial score (nSPS) is 11.9. The number of carbonyl (C=O) groups excluding carboxylic acids is 1. The predicted molar refractivity (Wildman–Crippen MR) is 150 cm³/mol. The summed E-state index contributed by atoms with van der Waals surface area (Å²) in [4.78, 5) is 27.0. The number of aliphatic hydroxyl groups is 1. The Kier molecular flexibility index (Phi) is 7.19. The third kappa shape index (κ3) is 5.14. The molecule has 2 N–H and O–H groups in total. The van der Waals surface area contributed by atoms with Crippen molar-refractivity contribution in [3.8, 4) is 23.0 Å². The van der Waals surface area contributed by atoms with Crippen LogP contribution in [0.2, 0.25) is 0 Å². The number of pyridine rings is 1. The van der Waals surface area contributed by atoms with Gasteiger partial charge in [-0.2, -0.15) is 4.98 Å². The summed E-state index contributed by atoms with van der Waals surface area (Å²) in [6.45, 7) is 9.82. The molecule has 8 heteroatoms. The Morgan fingerprint density at radius 3 is 2.39 bits per heavy atom. The zero-order chi connectivity index (χ0) is 27.0. The number of carbonyl (C=O) groups is 1. The van der Waals surface area contributed by atoms with Crippen molar-refractivity contribution in [2.75, 3.05) is 11.1 Å². The van der Waals surface area contributed by atoms with E-state index < -0.39 is 0 Å². The van der Waals surface area contributed by atoms with E-state index in [1.54, 1.807) is 6.20 Å². The Morgan fingerprint density at radius 1 is 1.00 bits per heavy atom. The van der Waals surface area contributed by atoms with Gasteiger partial charge in [-0.05, 0) is 45.7 Å². The topological polar surface area (TPSA) is 97.2 Å². The van der Waals surface area contributed by atoms with E-state index >= 15 is 0 Å². The number of benzene rings is 2. The SMILES string of the molecule is Cc1ccc(-c2nc3c(c(SCC(=O)Nc4c(C)cc(C)cc4C)n2)Cc2c(CO)cnc(C)c2O3)cc1. The molecule has 1 amide bonds. The van der Waals surface area contributed by atoms with Gasteiger partial charge in [0.05, 0.1) is 23.6 Å². The van der Waals surface area contributed by atoms with Crippen molar-refractivity contribution < 1.29 is 14.6 Å². The lowest BCUT2D eigenvalue weighted by molar-refractivity contribution is -0.113. The summed E-state index contributed by atoms with van der Waals surface area (Å²) in [5.74, 6) is 1.68. The number of hydrogen-bond donors (Lipinski definition) is 2. The lowest BCUT2D eigenvalue weighted by Gasteiger charge is -2.24. The van der Waals surface area contributed by atoms with E-state index in [1.165, 1.54) is 11.8 Å². The van der Waals surface area contributed by atoms with E-state index in [0.29, 0.717) is 34.5 Å². The Balaban J connectivity index is 1.49. The summed E-state index contributed by atoms with van der Waals surface area (Å²) in [6, 6.07) is 12.1. The molecule has 3 heterocycles. The van der Waals surface area contributed by atoms with Gasteiger partial charge < -0.3 is 15.2 Å². The van der Waals surface area contributed by atoms with Crippen molar-refractivity contribution in [1.82, 2.24) is 15.0 Å². The summed E-state index contributed by atoms with van der Waals surface area (Å²) < 4.78 is 6.28. The van der Waals surface area contributed by atoms with Crippen LogP contribution in [-0.4, -0.2) is 31.7 Å². The lowest BCUT2D eigenvalue weighted by Crippen LogP contribution is -2.17. The highest BCUT2D eigenvalue weighted by Gasteiger charge is 2.28. The molecule has 0 saturated heterocycles. The Bertz CT molecular complexity index is 1530. The van der Waals surface area contributed by atoms with Gasteiger partial charge >= 0.3 is 0 Å². The van der Waals surface area contributed by atoms with Gasteiger partial charge in [0.15, 0.2) is 11.6 Å². The Hall–Kier alpha value is -3.75. The van der Waals surface area contributed by atoms with Crippen LogP contribution in [0, 0.1) is 34.6 Å². The molecule has 0 aliphatic carbocycles. The van der Waals surface area contributed by atoms with Crippen molar-refractivity contribution in [1.29, 1.82) is 0 Å². The Morgan fingerprint density at radius 2 is 1.71 bits per heavy atom. The average Bonchev–Trinajstić information content (AvgIpc) is 2.89. The van der Waals surface area contributed by atoms with E-state index in [4.69, 9.17) is 14.7 Å². The summed E-state index contributed by atoms with van der Waals surface area (Å²) in [5, 5.41) is 13.7. The monoisotopic (exact) mass is 526 g/mol. The number of rotatable bonds is 6. The molecule has 0 fully saturated rings. The van der Waals surface area contributed by atoms with Gasteiger partial charge in [0.2, 0.25) is 11.8 Å². The molecule has 7 nitrogen and oxygen atoms in total. The van der Waals surface area contributed by atoms with Gasteiger partial charge in [0, 0.05) is 35.0 Å². The van der Waals surface area contributed by atoms with Crippen LogP contribution in [0.15, 0.2) is 47.6 Å². The van der Waals surface area contributed by atoms with Gasteiger partial charge in [0.25, 0.3) is 0 Å². The van der Waals surface area contributed by atoms with Crippen molar-refractivity contribution in [3.05, 3.63) is 87.2 Å². The number of amides is 1. The molecular formula is C30H30N4O3S. The van der Waals surface area contributed by atoms with Crippen LogP contribution in [0.25, 0.3) is 11.4 Å². The standard InChI is InChI=1S/C30H30N4O3S/c1-16-6-8-21(9-7-16)28-33-29-24(12-23-22(14-35)13-31-20(5)27(23)37-29)30(34-28)38-15-25(36)32-26-18(3)10-17(2)11-19(26)4/h6-11,13,35H,12,14-15H2,1-5H3,(H,32,36). The largest absolute Gasteiger partial charge is 0.436 e. The first kappa shape index (κ1) is 25.9. The molecule has 0 spiro atoms. The van der Waals surface area contributed by atoms with Gasteiger partial charge in [-0.1, -0.05) is 59.3 Å². The van der Waals surface area contributed by atoms with E-state index in [0.717, 1.165) is 50.3 Å². The molecule has 1 aliphatic rings. The second kappa shape index (κ2) is 10.6. The molecule has 1 aliphatic heterocycles. The molecule has 194 valence electrons. The maximum absolute atomic E-state index is 13.0. The minimum atomic E-state index is -0.142. The molecular weight excluding hydrogens is 496 g/mol. The van der Waals surface area contributed by atoms with E-state index in [9.17, 15) is 9.90 Å². The molecule has 5 rings (SSSR count). The summed E-state index contributed by atoms with van der Waals surface area (Å²) >= 11 is 1.36. The first-order valence-corrected chi connectivity index (χ1v) is 13.5. The fraction of sp³-hybridized carbons (Fsp3) is 0.267. The third-order valence-corrected chi connectivity index (χ3v) is 7.67. The minimum Gasteiger partial charge on any atom is -0.436 e. The summed E-state index contributed by atoms with van der Waals surface area (Å²) in [5.41, 5.74) is 9.20. The van der Waals surface area contributed by atoms with Crippen molar-refractivity contribution in [2.45, 2.75) is 52.7 Å². The smallest absolute Gasteiger partial charge is 0.234 e. The highest BCUT2D eigenvalue weighted by molar-refractivity contribution is 8.00. The van der Waals surface area contributed by atoms with Crippen LogP contribution >= 0.6 is 11.8 Å². The number of aliphatic hydroxyl groups excluding tert-OH is 1. The quantitative estimate of drug-likeness (QED) is 0.207. The molecule has 0 atom stereocenters. The highest BCUT2D eigenvalue weighted by Crippen LogP contribution is 2.42. The maximum atomic E-state index is 13.0. The highest BCUT2D eigenvalue weighted by atomic mass is 32.2. The van der Waals surface area contributed by atoms with Crippen molar-refractivity contribution in [3.63, 3.8) is 0 Å². The molecule has 0 unspecified atom stereocenters. The average molecular weight is 527 g/mol.